The standard InChI is InChI=1S/C12H18ClN3O/c1-3-4-11(16-6-5-14-9-16)7-12(17)15-8-10(2)13/h5-6,9,11H,2-4,7-8H2,1H3,(H,15,17). The highest BCUT2D eigenvalue weighted by Crippen LogP contribution is 2.17. The second-order valence-corrected chi connectivity index (χ2v) is 4.49. The fraction of sp³-hybridized carbons (Fsp3) is 0.500. The van der Waals surface area contributed by atoms with E-state index >= 15 is 0 Å². The van der Waals surface area contributed by atoms with Crippen LogP contribution in [0, 0.1) is 0 Å². The first kappa shape index (κ1) is 13.8. The largest absolute Gasteiger partial charge is 0.351 e. The van der Waals surface area contributed by atoms with Gasteiger partial charge in [-0.05, 0) is 6.42 Å². The number of nitrogens with one attached hydrogen (secondary N) is 1. The molecule has 1 unspecified atom stereocenters. The Labute approximate surface area is 107 Å². The molecular weight excluding hydrogens is 238 g/mol. The Hall–Kier alpha value is -1.29. The monoisotopic (exact) mass is 255 g/mol. The van der Waals surface area contributed by atoms with Crippen LogP contribution in [0.3, 0.4) is 0 Å². The smallest absolute Gasteiger partial charge is 0.222 e. The topological polar surface area (TPSA) is 46.9 Å². The lowest BCUT2D eigenvalue weighted by atomic mass is 10.1. The summed E-state index contributed by atoms with van der Waals surface area (Å²) in [6, 6.07) is 0.158. The molecule has 0 saturated heterocycles. The molecule has 94 valence electrons. The van der Waals surface area contributed by atoms with Crippen molar-refractivity contribution in [2.24, 2.45) is 0 Å². The van der Waals surface area contributed by atoms with Crippen molar-refractivity contribution < 1.29 is 4.79 Å². The summed E-state index contributed by atoms with van der Waals surface area (Å²) in [7, 11) is 0. The van der Waals surface area contributed by atoms with Gasteiger partial charge in [0.2, 0.25) is 5.91 Å². The molecule has 1 aromatic rings. The van der Waals surface area contributed by atoms with Gasteiger partial charge in [0.15, 0.2) is 0 Å². The van der Waals surface area contributed by atoms with Gasteiger partial charge in [0.1, 0.15) is 0 Å². The third kappa shape index (κ3) is 5.04. The molecule has 1 rings (SSSR count). The summed E-state index contributed by atoms with van der Waals surface area (Å²) in [6.07, 6.45) is 7.77. The number of halogens is 1. The fourth-order valence-electron chi connectivity index (χ4n) is 1.66. The molecule has 0 aromatic carbocycles. The van der Waals surface area contributed by atoms with E-state index in [1.165, 1.54) is 0 Å². The summed E-state index contributed by atoms with van der Waals surface area (Å²) in [5.74, 6) is -0.0149. The van der Waals surface area contributed by atoms with E-state index in [1.54, 1.807) is 12.5 Å². The van der Waals surface area contributed by atoms with E-state index in [1.807, 2.05) is 10.8 Å². The van der Waals surface area contributed by atoms with Gasteiger partial charge in [-0.1, -0.05) is 31.5 Å². The predicted octanol–water partition coefficient (Wildman–Crippen LogP) is 2.48. The quantitative estimate of drug-likeness (QED) is 0.814. The number of carbonyl (C=O) groups excluding carboxylic acids is 1. The van der Waals surface area contributed by atoms with Crippen LogP contribution in [0.2, 0.25) is 0 Å². The van der Waals surface area contributed by atoms with Crippen LogP contribution in [0.4, 0.5) is 0 Å². The normalized spacial score (nSPS) is 12.1. The molecule has 0 aliphatic heterocycles. The van der Waals surface area contributed by atoms with Gasteiger partial charge < -0.3 is 9.88 Å². The molecule has 0 aliphatic rings. The Morgan fingerprint density at radius 2 is 2.41 bits per heavy atom. The van der Waals surface area contributed by atoms with Crippen molar-refractivity contribution in [1.29, 1.82) is 0 Å². The highest BCUT2D eigenvalue weighted by Gasteiger charge is 2.14. The van der Waals surface area contributed by atoms with Crippen LogP contribution in [0.5, 0.6) is 0 Å². The lowest BCUT2D eigenvalue weighted by molar-refractivity contribution is -0.121. The van der Waals surface area contributed by atoms with Crippen molar-refractivity contribution in [3.05, 3.63) is 30.3 Å². The average Bonchev–Trinajstić information content (AvgIpc) is 2.79. The van der Waals surface area contributed by atoms with Crippen LogP contribution in [0.25, 0.3) is 0 Å². The van der Waals surface area contributed by atoms with Crippen LogP contribution in [0.1, 0.15) is 32.2 Å². The first-order valence-corrected chi connectivity index (χ1v) is 6.08. The third-order valence-corrected chi connectivity index (χ3v) is 2.60. The molecule has 1 atom stereocenters. The van der Waals surface area contributed by atoms with Crippen LogP contribution in [-0.2, 0) is 4.79 Å². The average molecular weight is 256 g/mol. The number of nitrogens with zero attached hydrogens (tertiary/aromatic N) is 2. The first-order valence-electron chi connectivity index (χ1n) is 5.71. The maximum Gasteiger partial charge on any atom is 0.222 e. The number of amides is 1. The summed E-state index contributed by atoms with van der Waals surface area (Å²) in [5.41, 5.74) is 0. The molecule has 1 N–H and O–H groups in total. The number of hydrogen-bond donors (Lipinski definition) is 1. The van der Waals surface area contributed by atoms with E-state index in [0.717, 1.165) is 12.8 Å². The fourth-order valence-corrected chi connectivity index (χ4v) is 1.72. The number of hydrogen-bond acceptors (Lipinski definition) is 2. The van der Waals surface area contributed by atoms with E-state index in [2.05, 4.69) is 23.8 Å². The lowest BCUT2D eigenvalue weighted by Gasteiger charge is -2.17. The van der Waals surface area contributed by atoms with Gasteiger partial charge in [-0.2, -0.15) is 0 Å². The predicted molar refractivity (Wildman–Crippen MR) is 68.8 cm³/mol. The molecule has 1 aromatic heterocycles. The number of aromatic nitrogens is 2. The van der Waals surface area contributed by atoms with Crippen LogP contribution in [0.15, 0.2) is 30.3 Å². The first-order chi connectivity index (χ1) is 8.13. The van der Waals surface area contributed by atoms with E-state index < -0.39 is 0 Å². The van der Waals surface area contributed by atoms with Gasteiger partial charge in [0.25, 0.3) is 0 Å². The molecule has 5 heteroatoms. The maximum atomic E-state index is 11.7. The van der Waals surface area contributed by atoms with Crippen molar-refractivity contribution >= 4 is 17.5 Å². The minimum Gasteiger partial charge on any atom is -0.351 e. The molecule has 0 saturated carbocycles. The highest BCUT2D eigenvalue weighted by atomic mass is 35.5. The molecular formula is C12H18ClN3O. The molecule has 1 amide bonds. The molecule has 0 spiro atoms. The summed E-state index contributed by atoms with van der Waals surface area (Å²) >= 11 is 5.59. The van der Waals surface area contributed by atoms with E-state index in [9.17, 15) is 4.79 Å². The SMILES string of the molecule is C=C(Cl)CNC(=O)CC(CCC)n1ccnc1. The number of carbonyl (C=O) groups is 1. The van der Waals surface area contributed by atoms with E-state index in [-0.39, 0.29) is 11.9 Å². The minimum absolute atomic E-state index is 0.0149. The number of rotatable bonds is 7. The minimum atomic E-state index is -0.0149. The summed E-state index contributed by atoms with van der Waals surface area (Å²) in [6.45, 7) is 5.95. The Morgan fingerprint density at radius 3 is 2.94 bits per heavy atom. The van der Waals surface area contributed by atoms with E-state index in [4.69, 9.17) is 11.6 Å². The molecule has 0 fully saturated rings. The zero-order valence-electron chi connectivity index (χ0n) is 10.0. The van der Waals surface area contributed by atoms with Gasteiger partial charge in [-0.25, -0.2) is 4.98 Å². The summed E-state index contributed by atoms with van der Waals surface area (Å²) in [4.78, 5) is 15.7. The molecule has 0 radical (unpaired) electrons. The Morgan fingerprint density at radius 1 is 1.65 bits per heavy atom. The van der Waals surface area contributed by atoms with E-state index in [0.29, 0.717) is 18.0 Å². The van der Waals surface area contributed by atoms with Gasteiger partial charge >= 0.3 is 0 Å². The maximum absolute atomic E-state index is 11.7. The van der Waals surface area contributed by atoms with Gasteiger partial charge in [-0.3, -0.25) is 4.79 Å². The van der Waals surface area contributed by atoms with Crippen molar-refractivity contribution in [2.45, 2.75) is 32.2 Å². The molecule has 17 heavy (non-hydrogen) atoms. The molecule has 1 heterocycles. The molecule has 0 bridgehead atoms. The second kappa shape index (κ2) is 7.12. The van der Waals surface area contributed by atoms with Crippen LogP contribution in [-0.4, -0.2) is 22.0 Å². The molecule has 4 nitrogen and oxygen atoms in total. The van der Waals surface area contributed by atoms with Crippen LogP contribution >= 0.6 is 11.6 Å². The van der Waals surface area contributed by atoms with Gasteiger partial charge in [0.05, 0.1) is 12.9 Å². The van der Waals surface area contributed by atoms with Gasteiger partial charge in [-0.15, -0.1) is 0 Å². The molecule has 0 aliphatic carbocycles. The Kier molecular flexibility index (Phi) is 5.77. The zero-order chi connectivity index (χ0) is 12.7. The Bertz CT molecular complexity index is 362. The zero-order valence-corrected chi connectivity index (χ0v) is 10.8. The summed E-state index contributed by atoms with van der Waals surface area (Å²) in [5, 5.41) is 3.17. The van der Waals surface area contributed by atoms with Crippen molar-refractivity contribution in [1.82, 2.24) is 14.9 Å². The third-order valence-electron chi connectivity index (χ3n) is 2.47. The van der Waals surface area contributed by atoms with Crippen LogP contribution < -0.4 is 5.32 Å². The summed E-state index contributed by atoms with van der Waals surface area (Å²) < 4.78 is 1.97. The number of imidazole rings is 1. The second-order valence-electron chi connectivity index (χ2n) is 3.95. The van der Waals surface area contributed by atoms with Gasteiger partial charge in [0, 0.05) is 29.9 Å². The Balaban J connectivity index is 2.49. The van der Waals surface area contributed by atoms with Crippen molar-refractivity contribution in [3.8, 4) is 0 Å². The van der Waals surface area contributed by atoms with Crippen molar-refractivity contribution in [3.63, 3.8) is 0 Å². The lowest BCUT2D eigenvalue weighted by Crippen LogP contribution is -2.27. The van der Waals surface area contributed by atoms with Crippen molar-refractivity contribution in [2.75, 3.05) is 6.54 Å². The highest BCUT2D eigenvalue weighted by molar-refractivity contribution is 6.29.